The van der Waals surface area contributed by atoms with Gasteiger partial charge in [-0.1, -0.05) is 17.5 Å². The van der Waals surface area contributed by atoms with Crippen LogP contribution in [0.1, 0.15) is 21.7 Å². The van der Waals surface area contributed by atoms with Crippen molar-refractivity contribution >= 4 is 17.5 Å². The smallest absolute Gasteiger partial charge is 0.271 e. The van der Waals surface area contributed by atoms with Crippen molar-refractivity contribution in [1.82, 2.24) is 20.0 Å². The lowest BCUT2D eigenvalue weighted by atomic mass is 10.2. The number of aromatic nitrogens is 2. The van der Waals surface area contributed by atoms with Crippen LogP contribution in [-0.4, -0.2) is 60.0 Å². The highest BCUT2D eigenvalue weighted by atomic mass is 35.5. The van der Waals surface area contributed by atoms with Crippen molar-refractivity contribution in [1.29, 1.82) is 0 Å². The number of nitrogens with one attached hydrogen (secondary N) is 1. The lowest BCUT2D eigenvalue weighted by Gasteiger charge is -2.26. The molecule has 2 aromatic rings. The van der Waals surface area contributed by atoms with Crippen molar-refractivity contribution in [3.05, 3.63) is 52.3 Å². The van der Waals surface area contributed by atoms with Gasteiger partial charge in [-0.3, -0.25) is 14.4 Å². The largest absolute Gasteiger partial charge is 0.379 e. The van der Waals surface area contributed by atoms with Gasteiger partial charge in [0.05, 0.1) is 13.2 Å². The van der Waals surface area contributed by atoms with E-state index >= 15 is 0 Å². The summed E-state index contributed by atoms with van der Waals surface area (Å²) >= 11 is 5.87. The number of carbonyl (C=O) groups is 1. The van der Waals surface area contributed by atoms with Gasteiger partial charge >= 0.3 is 0 Å². The van der Waals surface area contributed by atoms with Crippen LogP contribution in [0.3, 0.4) is 0 Å². The summed E-state index contributed by atoms with van der Waals surface area (Å²) in [4.78, 5) is 14.5. The number of nitrogens with zero attached hydrogens (tertiary/aromatic N) is 3. The number of halogens is 1. The zero-order valence-corrected chi connectivity index (χ0v) is 15.4. The molecule has 6 nitrogen and oxygen atoms in total. The molecule has 0 bridgehead atoms. The van der Waals surface area contributed by atoms with Crippen molar-refractivity contribution in [3.63, 3.8) is 0 Å². The van der Waals surface area contributed by atoms with Gasteiger partial charge in [0.25, 0.3) is 5.91 Å². The molecule has 1 N–H and O–H groups in total. The second-order valence-corrected chi connectivity index (χ2v) is 6.44. The van der Waals surface area contributed by atoms with Gasteiger partial charge in [-0.05, 0) is 30.2 Å². The molecule has 0 spiro atoms. The molecule has 0 aliphatic carbocycles. The van der Waals surface area contributed by atoms with Gasteiger partial charge in [0.1, 0.15) is 5.69 Å². The number of ether oxygens (including phenoxy) is 1. The van der Waals surface area contributed by atoms with Crippen LogP contribution < -0.4 is 5.32 Å². The molecule has 1 aliphatic heterocycles. The van der Waals surface area contributed by atoms with Crippen molar-refractivity contribution in [2.75, 3.05) is 39.4 Å². The first-order valence-electron chi connectivity index (χ1n) is 8.52. The summed E-state index contributed by atoms with van der Waals surface area (Å²) in [5.74, 6) is 5.90. The first-order chi connectivity index (χ1) is 12.6. The van der Waals surface area contributed by atoms with Crippen LogP contribution in [0.4, 0.5) is 0 Å². The predicted octanol–water partition coefficient (Wildman–Crippen LogP) is 1.54. The molecule has 26 heavy (non-hydrogen) atoms. The van der Waals surface area contributed by atoms with Crippen molar-refractivity contribution in [3.8, 4) is 11.8 Å². The molecule has 0 atom stereocenters. The molecular formula is C19H21ClN4O2. The zero-order valence-electron chi connectivity index (χ0n) is 14.7. The summed E-state index contributed by atoms with van der Waals surface area (Å²) in [5, 5.41) is 7.83. The first kappa shape index (κ1) is 18.5. The summed E-state index contributed by atoms with van der Waals surface area (Å²) < 4.78 is 6.92. The Morgan fingerprint density at radius 1 is 1.27 bits per heavy atom. The SMILES string of the molecule is Cn1nc(C(=O)NCCN2CCOCC2)cc1C#Cc1ccc(Cl)cc1. The number of hydrogen-bond acceptors (Lipinski definition) is 4. The van der Waals surface area contributed by atoms with E-state index in [2.05, 4.69) is 27.2 Å². The van der Waals surface area contributed by atoms with Crippen LogP contribution in [0.15, 0.2) is 30.3 Å². The van der Waals surface area contributed by atoms with E-state index in [1.165, 1.54) is 0 Å². The van der Waals surface area contributed by atoms with Crippen LogP contribution in [0, 0.1) is 11.8 Å². The van der Waals surface area contributed by atoms with Crippen molar-refractivity contribution in [2.45, 2.75) is 0 Å². The number of benzene rings is 1. The predicted molar refractivity (Wildman–Crippen MR) is 100 cm³/mol. The Balaban J connectivity index is 1.56. The Morgan fingerprint density at radius 3 is 2.73 bits per heavy atom. The van der Waals surface area contributed by atoms with Gasteiger partial charge in [-0.2, -0.15) is 5.10 Å². The summed E-state index contributed by atoms with van der Waals surface area (Å²) in [6.07, 6.45) is 0. The molecule has 3 rings (SSSR count). The molecule has 0 radical (unpaired) electrons. The van der Waals surface area contributed by atoms with Crippen LogP contribution in [0.5, 0.6) is 0 Å². The normalized spacial score (nSPS) is 14.5. The van der Waals surface area contributed by atoms with E-state index in [-0.39, 0.29) is 5.91 Å². The van der Waals surface area contributed by atoms with Gasteiger partial charge in [-0.15, -0.1) is 0 Å². The van der Waals surface area contributed by atoms with Gasteiger partial charge in [0.15, 0.2) is 5.69 Å². The fraction of sp³-hybridized carbons (Fsp3) is 0.368. The van der Waals surface area contributed by atoms with E-state index in [1.807, 2.05) is 12.1 Å². The monoisotopic (exact) mass is 372 g/mol. The number of rotatable bonds is 4. The quantitative estimate of drug-likeness (QED) is 0.827. The summed E-state index contributed by atoms with van der Waals surface area (Å²) in [6.45, 7) is 4.72. The Hall–Kier alpha value is -2.33. The number of morpholine rings is 1. The van der Waals surface area contributed by atoms with Crippen molar-refractivity contribution < 1.29 is 9.53 Å². The molecule has 136 valence electrons. The summed E-state index contributed by atoms with van der Waals surface area (Å²) in [6, 6.07) is 8.99. The topological polar surface area (TPSA) is 59.4 Å². The Labute approximate surface area is 158 Å². The minimum Gasteiger partial charge on any atom is -0.379 e. The van der Waals surface area contributed by atoms with E-state index in [0.29, 0.717) is 23.0 Å². The van der Waals surface area contributed by atoms with Crippen molar-refractivity contribution in [2.24, 2.45) is 7.05 Å². The third kappa shape index (κ3) is 5.09. The fourth-order valence-corrected chi connectivity index (χ4v) is 2.73. The minimum atomic E-state index is -0.187. The molecule has 1 aromatic carbocycles. The molecule has 7 heteroatoms. The van der Waals surface area contributed by atoms with E-state index in [1.54, 1.807) is 29.9 Å². The van der Waals surface area contributed by atoms with E-state index in [0.717, 1.165) is 38.4 Å². The van der Waals surface area contributed by atoms with Crippen LogP contribution in [0.25, 0.3) is 0 Å². The molecule has 2 heterocycles. The molecule has 1 fully saturated rings. The van der Waals surface area contributed by atoms with Gasteiger partial charge in [-0.25, -0.2) is 0 Å². The Bertz CT molecular complexity index is 814. The van der Waals surface area contributed by atoms with E-state index in [4.69, 9.17) is 16.3 Å². The number of aryl methyl sites for hydroxylation is 1. The van der Waals surface area contributed by atoms with Gasteiger partial charge < -0.3 is 10.1 Å². The molecule has 1 amide bonds. The van der Waals surface area contributed by atoms with E-state index < -0.39 is 0 Å². The summed E-state index contributed by atoms with van der Waals surface area (Å²) in [7, 11) is 1.77. The highest BCUT2D eigenvalue weighted by Gasteiger charge is 2.13. The molecule has 0 unspecified atom stereocenters. The molecule has 1 saturated heterocycles. The minimum absolute atomic E-state index is 0.187. The fourth-order valence-electron chi connectivity index (χ4n) is 2.61. The third-order valence-electron chi connectivity index (χ3n) is 4.11. The zero-order chi connectivity index (χ0) is 18.4. The van der Waals surface area contributed by atoms with Crippen LogP contribution in [0.2, 0.25) is 5.02 Å². The molecule has 0 saturated carbocycles. The van der Waals surface area contributed by atoms with Gasteiger partial charge in [0, 0.05) is 49.9 Å². The average molecular weight is 373 g/mol. The average Bonchev–Trinajstić information content (AvgIpc) is 3.03. The standard InChI is InChI=1S/C19H21ClN4O2/c1-23-17(7-4-15-2-5-16(20)6-3-15)14-18(22-23)19(25)21-8-9-24-10-12-26-13-11-24/h2-3,5-6,14H,8-13H2,1H3,(H,21,25). The molecular weight excluding hydrogens is 352 g/mol. The number of hydrogen-bond donors (Lipinski definition) is 1. The van der Waals surface area contributed by atoms with E-state index in [9.17, 15) is 4.79 Å². The molecule has 1 aliphatic rings. The second kappa shape index (κ2) is 8.86. The maximum Gasteiger partial charge on any atom is 0.271 e. The summed E-state index contributed by atoms with van der Waals surface area (Å²) in [5.41, 5.74) is 1.90. The third-order valence-corrected chi connectivity index (χ3v) is 4.36. The lowest BCUT2D eigenvalue weighted by Crippen LogP contribution is -2.41. The first-order valence-corrected chi connectivity index (χ1v) is 8.89. The highest BCUT2D eigenvalue weighted by molar-refractivity contribution is 6.30. The Morgan fingerprint density at radius 2 is 2.00 bits per heavy atom. The van der Waals surface area contributed by atoms with Crippen LogP contribution in [-0.2, 0) is 11.8 Å². The number of carbonyl (C=O) groups excluding carboxylic acids is 1. The molecule has 1 aromatic heterocycles. The highest BCUT2D eigenvalue weighted by Crippen LogP contribution is 2.09. The van der Waals surface area contributed by atoms with Gasteiger partial charge in [0.2, 0.25) is 0 Å². The second-order valence-electron chi connectivity index (χ2n) is 6.01. The lowest BCUT2D eigenvalue weighted by molar-refractivity contribution is 0.0383. The number of amides is 1. The van der Waals surface area contributed by atoms with Crippen LogP contribution >= 0.6 is 11.6 Å². The maximum absolute atomic E-state index is 12.3. The maximum atomic E-state index is 12.3. The Kier molecular flexibility index (Phi) is 6.29.